The van der Waals surface area contributed by atoms with Gasteiger partial charge in [0.2, 0.25) is 11.8 Å². The van der Waals surface area contributed by atoms with E-state index >= 15 is 0 Å². The Balaban J connectivity index is 2.42. The van der Waals surface area contributed by atoms with Gasteiger partial charge in [-0.2, -0.15) is 9.97 Å². The molecule has 0 spiro atoms. The van der Waals surface area contributed by atoms with Crippen LogP contribution in [0.1, 0.15) is 37.9 Å². The van der Waals surface area contributed by atoms with Gasteiger partial charge >= 0.3 is 5.97 Å². The average Bonchev–Trinajstić information content (AvgIpc) is 3.01. The van der Waals surface area contributed by atoms with Gasteiger partial charge in [-0.05, 0) is 26.2 Å². The molecule has 0 radical (unpaired) electrons. The highest BCUT2D eigenvalue weighted by Crippen LogP contribution is 2.33. The second kappa shape index (κ2) is 7.06. The Morgan fingerprint density at radius 2 is 1.95 bits per heavy atom. The van der Waals surface area contributed by atoms with E-state index in [4.69, 9.17) is 14.2 Å². The van der Waals surface area contributed by atoms with Gasteiger partial charge in [-0.3, -0.25) is 4.79 Å². The smallest absolute Gasteiger partial charge is 0.320 e. The molecule has 0 bridgehead atoms. The van der Waals surface area contributed by atoms with Crippen molar-refractivity contribution in [3.05, 3.63) is 23.5 Å². The van der Waals surface area contributed by atoms with Crippen molar-refractivity contribution in [2.24, 2.45) is 0 Å². The van der Waals surface area contributed by atoms with Crippen molar-refractivity contribution in [2.75, 3.05) is 20.8 Å². The highest BCUT2D eigenvalue weighted by Gasteiger charge is 2.31. The monoisotopic (exact) mass is 292 g/mol. The minimum absolute atomic E-state index is 0.323. The molecule has 6 nitrogen and oxygen atoms in total. The summed E-state index contributed by atoms with van der Waals surface area (Å²) in [7, 11) is 3.03. The maximum Gasteiger partial charge on any atom is 0.320 e. The van der Waals surface area contributed by atoms with Crippen LogP contribution in [0.25, 0.3) is 0 Å². The Labute approximate surface area is 124 Å². The standard InChI is InChI=1S/C15H20N2O4/c1-4-21-15(18)13(10-7-5-6-8-10)14-16-11(19-2)9-12(17-14)20-3/h7,9,13H,4-6,8H2,1-3H3. The third-order valence-corrected chi connectivity index (χ3v) is 3.34. The van der Waals surface area contributed by atoms with Crippen LogP contribution in [0.3, 0.4) is 0 Å². The third-order valence-electron chi connectivity index (χ3n) is 3.34. The van der Waals surface area contributed by atoms with Crippen LogP contribution in [0.2, 0.25) is 0 Å². The summed E-state index contributed by atoms with van der Waals surface area (Å²) in [6.07, 6.45) is 4.92. The Morgan fingerprint density at radius 1 is 1.29 bits per heavy atom. The number of hydrogen-bond donors (Lipinski definition) is 0. The lowest BCUT2D eigenvalue weighted by molar-refractivity contribution is -0.144. The van der Waals surface area contributed by atoms with Crippen LogP contribution >= 0.6 is 0 Å². The molecule has 2 rings (SSSR count). The van der Waals surface area contributed by atoms with Gasteiger partial charge in [0.15, 0.2) is 5.82 Å². The summed E-state index contributed by atoms with van der Waals surface area (Å²) < 4.78 is 15.5. The number of ether oxygens (including phenoxy) is 3. The molecule has 21 heavy (non-hydrogen) atoms. The van der Waals surface area contributed by atoms with E-state index in [1.165, 1.54) is 14.2 Å². The minimum atomic E-state index is -0.587. The summed E-state index contributed by atoms with van der Waals surface area (Å²) in [6.45, 7) is 2.11. The van der Waals surface area contributed by atoms with E-state index < -0.39 is 5.92 Å². The van der Waals surface area contributed by atoms with E-state index in [0.29, 0.717) is 24.2 Å². The van der Waals surface area contributed by atoms with E-state index in [0.717, 1.165) is 24.8 Å². The number of carbonyl (C=O) groups is 1. The van der Waals surface area contributed by atoms with Crippen molar-refractivity contribution < 1.29 is 19.0 Å². The molecule has 6 heteroatoms. The molecule has 0 fully saturated rings. The number of aromatic nitrogens is 2. The number of nitrogens with zero attached hydrogens (tertiary/aromatic N) is 2. The quantitative estimate of drug-likeness (QED) is 0.591. The Morgan fingerprint density at radius 3 is 2.43 bits per heavy atom. The lowest BCUT2D eigenvalue weighted by Crippen LogP contribution is -2.20. The summed E-state index contributed by atoms with van der Waals surface area (Å²) in [5.74, 6) is 0.171. The summed E-state index contributed by atoms with van der Waals surface area (Å²) in [4.78, 5) is 20.9. The fourth-order valence-corrected chi connectivity index (χ4v) is 2.37. The highest BCUT2D eigenvalue weighted by molar-refractivity contribution is 5.81. The topological polar surface area (TPSA) is 70.5 Å². The molecular formula is C15H20N2O4. The second-order valence-corrected chi connectivity index (χ2v) is 4.67. The molecule has 0 saturated heterocycles. The molecule has 0 aromatic carbocycles. The van der Waals surface area contributed by atoms with Gasteiger partial charge in [0, 0.05) is 0 Å². The lowest BCUT2D eigenvalue weighted by atomic mass is 9.97. The van der Waals surface area contributed by atoms with Gasteiger partial charge < -0.3 is 14.2 Å². The van der Waals surface area contributed by atoms with Gasteiger partial charge in [0.25, 0.3) is 0 Å². The molecule has 1 unspecified atom stereocenters. The molecule has 0 N–H and O–H groups in total. The predicted molar refractivity (Wildman–Crippen MR) is 76.4 cm³/mol. The van der Waals surface area contributed by atoms with Crippen LogP contribution in [-0.4, -0.2) is 36.8 Å². The zero-order chi connectivity index (χ0) is 15.2. The van der Waals surface area contributed by atoms with Crippen LogP contribution in [-0.2, 0) is 9.53 Å². The molecule has 0 amide bonds. The van der Waals surface area contributed by atoms with Crippen molar-refractivity contribution in [2.45, 2.75) is 32.1 Å². The van der Waals surface area contributed by atoms with Gasteiger partial charge in [-0.15, -0.1) is 0 Å². The summed E-state index contributed by atoms with van der Waals surface area (Å²) in [5, 5.41) is 0. The van der Waals surface area contributed by atoms with Gasteiger partial charge in [0.1, 0.15) is 5.92 Å². The van der Waals surface area contributed by atoms with Crippen molar-refractivity contribution >= 4 is 5.97 Å². The average molecular weight is 292 g/mol. The van der Waals surface area contributed by atoms with E-state index in [-0.39, 0.29) is 5.97 Å². The molecule has 1 atom stereocenters. The number of carbonyl (C=O) groups excluding carboxylic acids is 1. The molecular weight excluding hydrogens is 272 g/mol. The first-order valence-corrected chi connectivity index (χ1v) is 7.02. The SMILES string of the molecule is CCOC(=O)C(C1=CCCC1)c1nc(OC)cc(OC)n1. The van der Waals surface area contributed by atoms with Crippen molar-refractivity contribution in [3.8, 4) is 11.8 Å². The minimum Gasteiger partial charge on any atom is -0.481 e. The lowest BCUT2D eigenvalue weighted by Gasteiger charge is -2.17. The van der Waals surface area contributed by atoms with Gasteiger partial charge in [0.05, 0.1) is 26.9 Å². The largest absolute Gasteiger partial charge is 0.481 e. The van der Waals surface area contributed by atoms with Crippen LogP contribution < -0.4 is 9.47 Å². The first kappa shape index (κ1) is 15.3. The van der Waals surface area contributed by atoms with Crippen LogP contribution in [0.5, 0.6) is 11.8 Å². The maximum atomic E-state index is 12.3. The number of allylic oxidation sites excluding steroid dienone is 1. The molecule has 1 aliphatic rings. The fraction of sp³-hybridized carbons (Fsp3) is 0.533. The van der Waals surface area contributed by atoms with E-state index in [2.05, 4.69) is 16.0 Å². The van der Waals surface area contributed by atoms with E-state index in [1.807, 2.05) is 0 Å². The normalized spacial score (nSPS) is 15.3. The summed E-state index contributed by atoms with van der Waals surface area (Å²) in [5.41, 5.74) is 1.00. The zero-order valence-corrected chi connectivity index (χ0v) is 12.6. The van der Waals surface area contributed by atoms with Crippen molar-refractivity contribution in [3.63, 3.8) is 0 Å². The molecule has 1 aliphatic carbocycles. The first-order valence-electron chi connectivity index (χ1n) is 7.02. The summed E-state index contributed by atoms with van der Waals surface area (Å²) >= 11 is 0. The molecule has 114 valence electrons. The number of hydrogen-bond acceptors (Lipinski definition) is 6. The van der Waals surface area contributed by atoms with Crippen molar-refractivity contribution in [1.29, 1.82) is 0 Å². The van der Waals surface area contributed by atoms with Gasteiger partial charge in [-0.1, -0.05) is 11.6 Å². The van der Waals surface area contributed by atoms with Crippen LogP contribution in [0.15, 0.2) is 17.7 Å². The zero-order valence-electron chi connectivity index (χ0n) is 12.6. The Kier molecular flexibility index (Phi) is 5.14. The maximum absolute atomic E-state index is 12.3. The second-order valence-electron chi connectivity index (χ2n) is 4.67. The number of methoxy groups -OCH3 is 2. The first-order chi connectivity index (χ1) is 10.2. The predicted octanol–water partition coefficient (Wildman–Crippen LogP) is 2.25. The summed E-state index contributed by atoms with van der Waals surface area (Å²) in [6, 6.07) is 1.58. The Hall–Kier alpha value is -2.11. The van der Waals surface area contributed by atoms with Crippen LogP contribution in [0, 0.1) is 0 Å². The third kappa shape index (κ3) is 3.51. The molecule has 1 heterocycles. The van der Waals surface area contributed by atoms with Crippen LogP contribution in [0.4, 0.5) is 0 Å². The fourth-order valence-electron chi connectivity index (χ4n) is 2.37. The number of rotatable bonds is 6. The van der Waals surface area contributed by atoms with E-state index in [1.54, 1.807) is 13.0 Å². The van der Waals surface area contributed by atoms with Crippen molar-refractivity contribution in [1.82, 2.24) is 9.97 Å². The van der Waals surface area contributed by atoms with E-state index in [9.17, 15) is 4.79 Å². The molecule has 1 aromatic heterocycles. The highest BCUT2D eigenvalue weighted by atomic mass is 16.5. The molecule has 0 saturated carbocycles. The molecule has 1 aromatic rings. The number of esters is 1. The van der Waals surface area contributed by atoms with Gasteiger partial charge in [-0.25, -0.2) is 0 Å². The Bertz CT molecular complexity index is 520. The molecule has 0 aliphatic heterocycles.